The molecule has 0 bridgehead atoms. The van der Waals surface area contributed by atoms with E-state index in [1.54, 1.807) is 0 Å². The smallest absolute Gasteiger partial charge is 0.323 e. The van der Waals surface area contributed by atoms with E-state index in [1.165, 1.54) is 11.3 Å². The monoisotopic (exact) mass is 463 g/mol. The normalized spacial score (nSPS) is 19.0. The Balaban J connectivity index is 1.42. The summed E-state index contributed by atoms with van der Waals surface area (Å²) in [5.74, 6) is -1.61. The molecule has 1 fully saturated rings. The van der Waals surface area contributed by atoms with E-state index in [2.05, 4.69) is 15.5 Å². The van der Waals surface area contributed by atoms with Crippen LogP contribution in [0.15, 0.2) is 42.5 Å². The molecule has 1 aliphatic rings. The number of carbonyl (C=O) groups excluding carboxylic acids is 1. The number of alkyl halides is 3. The lowest BCUT2D eigenvalue weighted by molar-refractivity contribution is -0.137. The molecule has 4 rings (SSSR count). The van der Waals surface area contributed by atoms with Crippen molar-refractivity contribution in [1.82, 2.24) is 10.2 Å². The van der Waals surface area contributed by atoms with E-state index < -0.39 is 17.6 Å². The summed E-state index contributed by atoms with van der Waals surface area (Å²) < 4.78 is 52.3. The Bertz CT molecular complexity index is 1110. The maximum atomic E-state index is 14.1. The predicted octanol–water partition coefficient (Wildman–Crippen LogP) is 6.58. The summed E-state index contributed by atoms with van der Waals surface area (Å²) in [7, 11) is 0. The molecule has 3 aromatic rings. The fourth-order valence-electron chi connectivity index (χ4n) is 4.07. The summed E-state index contributed by atoms with van der Waals surface area (Å²) in [5.41, 5.74) is 0.787. The number of rotatable bonds is 4. The zero-order valence-electron chi connectivity index (χ0n) is 17.2. The summed E-state index contributed by atoms with van der Waals surface area (Å²) in [5, 5.41) is 12.4. The molecular formula is C23H21F4N3OS. The molecule has 2 atom stereocenters. The van der Waals surface area contributed by atoms with Gasteiger partial charge in [-0.25, -0.2) is 4.39 Å². The van der Waals surface area contributed by atoms with Crippen molar-refractivity contribution in [3.63, 3.8) is 0 Å². The van der Waals surface area contributed by atoms with Crippen LogP contribution in [0.4, 0.5) is 23.2 Å². The second-order valence-corrected chi connectivity index (χ2v) is 9.17. The molecule has 4 nitrogen and oxygen atoms in total. The highest BCUT2D eigenvalue weighted by Crippen LogP contribution is 2.38. The van der Waals surface area contributed by atoms with Crippen LogP contribution in [0.1, 0.15) is 47.7 Å². The van der Waals surface area contributed by atoms with Crippen molar-refractivity contribution in [3.8, 4) is 10.6 Å². The number of halogens is 4. The Kier molecular flexibility index (Phi) is 6.28. The number of nitrogens with zero attached hydrogens (tertiary/aromatic N) is 2. The van der Waals surface area contributed by atoms with Gasteiger partial charge in [0.25, 0.3) is 0 Å². The van der Waals surface area contributed by atoms with Crippen molar-refractivity contribution >= 4 is 22.9 Å². The lowest BCUT2D eigenvalue weighted by Crippen LogP contribution is -2.28. The standard InChI is InChI=1S/C23H21F4N3OS/c1-13-29-30-22(32-13)15-7-5-14(6-8-15)16-3-2-4-17(11-16)21(31)28-20-10-9-18(12-19(20)24)23(25,26)27/h5-10,12,16-17H,2-4,11H2,1H3,(H,28,31). The van der Waals surface area contributed by atoms with Crippen molar-refractivity contribution in [2.75, 3.05) is 5.32 Å². The molecule has 1 aliphatic carbocycles. The van der Waals surface area contributed by atoms with Crippen LogP contribution in [0, 0.1) is 18.7 Å². The van der Waals surface area contributed by atoms with Gasteiger partial charge in [-0.1, -0.05) is 42.0 Å². The number of carbonyl (C=O) groups is 1. The van der Waals surface area contributed by atoms with Crippen molar-refractivity contribution in [2.24, 2.45) is 5.92 Å². The van der Waals surface area contributed by atoms with Gasteiger partial charge in [0.15, 0.2) is 0 Å². The molecular weight excluding hydrogens is 442 g/mol. The Morgan fingerprint density at radius 2 is 1.84 bits per heavy atom. The summed E-state index contributed by atoms with van der Waals surface area (Å²) in [6.45, 7) is 1.90. The third kappa shape index (κ3) is 4.98. The topological polar surface area (TPSA) is 54.9 Å². The molecule has 0 spiro atoms. The molecule has 1 amide bonds. The summed E-state index contributed by atoms with van der Waals surface area (Å²) >= 11 is 1.52. The molecule has 1 aromatic heterocycles. The van der Waals surface area contributed by atoms with E-state index >= 15 is 0 Å². The minimum Gasteiger partial charge on any atom is -0.323 e. The highest BCUT2D eigenvalue weighted by Gasteiger charge is 2.32. The first-order valence-electron chi connectivity index (χ1n) is 10.3. The number of amides is 1. The minimum absolute atomic E-state index is 0.183. The third-order valence-electron chi connectivity index (χ3n) is 5.75. The number of aromatic nitrogens is 2. The van der Waals surface area contributed by atoms with Gasteiger partial charge in [0.2, 0.25) is 5.91 Å². The van der Waals surface area contributed by atoms with Gasteiger partial charge in [-0.2, -0.15) is 13.2 Å². The largest absolute Gasteiger partial charge is 0.416 e. The molecule has 0 radical (unpaired) electrons. The molecule has 1 heterocycles. The Hall–Kier alpha value is -2.81. The van der Waals surface area contributed by atoms with Crippen molar-refractivity contribution in [2.45, 2.75) is 44.7 Å². The van der Waals surface area contributed by atoms with Crippen molar-refractivity contribution in [1.29, 1.82) is 0 Å². The average molecular weight is 464 g/mol. The second-order valence-electron chi connectivity index (χ2n) is 7.99. The van der Waals surface area contributed by atoms with Gasteiger partial charge in [-0.15, -0.1) is 10.2 Å². The molecule has 1 N–H and O–H groups in total. The van der Waals surface area contributed by atoms with Crippen LogP contribution in [0.5, 0.6) is 0 Å². The van der Waals surface area contributed by atoms with Crippen LogP contribution < -0.4 is 5.32 Å². The number of aryl methyl sites for hydroxylation is 1. The van der Waals surface area contributed by atoms with Crippen LogP contribution in [-0.4, -0.2) is 16.1 Å². The van der Waals surface area contributed by atoms with E-state index in [0.29, 0.717) is 18.9 Å². The van der Waals surface area contributed by atoms with Crippen LogP contribution in [0.2, 0.25) is 0 Å². The quantitative estimate of drug-likeness (QED) is 0.445. The van der Waals surface area contributed by atoms with Crippen molar-refractivity contribution < 1.29 is 22.4 Å². The van der Waals surface area contributed by atoms with E-state index in [1.807, 2.05) is 31.2 Å². The Morgan fingerprint density at radius 3 is 2.47 bits per heavy atom. The van der Waals surface area contributed by atoms with Gasteiger partial charge in [0, 0.05) is 11.5 Å². The maximum absolute atomic E-state index is 14.1. The van der Waals surface area contributed by atoms with Gasteiger partial charge < -0.3 is 5.32 Å². The Morgan fingerprint density at radius 1 is 1.09 bits per heavy atom. The number of anilines is 1. The molecule has 168 valence electrons. The minimum atomic E-state index is -4.63. The average Bonchev–Trinajstić information content (AvgIpc) is 3.21. The second kappa shape index (κ2) is 8.97. The molecule has 1 saturated carbocycles. The zero-order chi connectivity index (χ0) is 22.9. The fourth-order valence-corrected chi connectivity index (χ4v) is 4.77. The molecule has 32 heavy (non-hydrogen) atoms. The predicted molar refractivity (Wildman–Crippen MR) is 115 cm³/mol. The SMILES string of the molecule is Cc1nnc(-c2ccc(C3CCCC(C(=O)Nc4ccc(C(F)(F)F)cc4F)C3)cc2)s1. The van der Waals surface area contributed by atoms with Crippen molar-refractivity contribution in [3.05, 3.63) is 64.4 Å². The maximum Gasteiger partial charge on any atom is 0.416 e. The lowest BCUT2D eigenvalue weighted by Gasteiger charge is -2.29. The van der Waals surface area contributed by atoms with E-state index in [9.17, 15) is 22.4 Å². The fraction of sp³-hybridized carbons (Fsp3) is 0.348. The van der Waals surface area contributed by atoms with Gasteiger partial charge in [-0.05, 0) is 55.9 Å². The van der Waals surface area contributed by atoms with E-state index in [-0.39, 0.29) is 23.4 Å². The highest BCUT2D eigenvalue weighted by atomic mass is 32.1. The van der Waals surface area contributed by atoms with Crippen LogP contribution in [-0.2, 0) is 11.0 Å². The van der Waals surface area contributed by atoms with Crippen LogP contribution in [0.25, 0.3) is 10.6 Å². The Labute approximate surface area is 186 Å². The zero-order valence-corrected chi connectivity index (χ0v) is 18.1. The van der Waals surface area contributed by atoms with Gasteiger partial charge in [-0.3, -0.25) is 4.79 Å². The highest BCUT2D eigenvalue weighted by molar-refractivity contribution is 7.14. The molecule has 9 heteroatoms. The summed E-state index contributed by atoms with van der Waals surface area (Å²) in [6, 6.07) is 10.2. The molecule has 0 aliphatic heterocycles. The van der Waals surface area contributed by atoms with Gasteiger partial charge >= 0.3 is 6.18 Å². The lowest BCUT2D eigenvalue weighted by atomic mass is 9.77. The third-order valence-corrected chi connectivity index (χ3v) is 6.64. The number of nitrogens with one attached hydrogen (secondary N) is 1. The number of hydrogen-bond acceptors (Lipinski definition) is 4. The first-order chi connectivity index (χ1) is 15.2. The van der Waals surface area contributed by atoms with Crippen LogP contribution in [0.3, 0.4) is 0 Å². The van der Waals surface area contributed by atoms with Gasteiger partial charge in [0.05, 0.1) is 11.3 Å². The summed E-state index contributed by atoms with van der Waals surface area (Å²) in [4.78, 5) is 12.7. The first kappa shape index (κ1) is 22.4. The number of benzene rings is 2. The van der Waals surface area contributed by atoms with Gasteiger partial charge in [0.1, 0.15) is 15.8 Å². The first-order valence-corrected chi connectivity index (χ1v) is 11.1. The van der Waals surface area contributed by atoms with Crippen LogP contribution >= 0.6 is 11.3 Å². The molecule has 2 unspecified atom stereocenters. The molecule has 2 aromatic carbocycles. The van der Waals surface area contributed by atoms with E-state index in [4.69, 9.17) is 0 Å². The number of hydrogen-bond donors (Lipinski definition) is 1. The molecule has 0 saturated heterocycles. The van der Waals surface area contributed by atoms with E-state index in [0.717, 1.165) is 46.1 Å². The summed E-state index contributed by atoms with van der Waals surface area (Å²) in [6.07, 6.45) is -1.59.